The summed E-state index contributed by atoms with van der Waals surface area (Å²) in [5.74, 6) is 2.20. The highest BCUT2D eigenvalue weighted by Crippen LogP contribution is 2.45. The highest BCUT2D eigenvalue weighted by Gasteiger charge is 2.37. The molecule has 0 N–H and O–H groups in total. The van der Waals surface area contributed by atoms with Crippen molar-refractivity contribution in [2.24, 2.45) is 0 Å². The van der Waals surface area contributed by atoms with Crippen molar-refractivity contribution < 1.29 is 23.7 Å². The van der Waals surface area contributed by atoms with E-state index < -0.39 is 0 Å². The molecule has 1 fully saturated rings. The Hall–Kier alpha value is -2.54. The summed E-state index contributed by atoms with van der Waals surface area (Å²) in [6.07, 6.45) is 4.14. The smallest absolute Gasteiger partial charge is 0.231 e. The number of hydrogen-bond acceptors (Lipinski definition) is 6. The molecule has 1 aliphatic carbocycles. The fourth-order valence-corrected chi connectivity index (χ4v) is 4.65. The number of fused-ring (bicyclic) bond motifs is 3. The third kappa shape index (κ3) is 2.90. The molecule has 6 nitrogen and oxygen atoms in total. The first-order valence-corrected chi connectivity index (χ1v) is 10.5. The predicted molar refractivity (Wildman–Crippen MR) is 110 cm³/mol. The summed E-state index contributed by atoms with van der Waals surface area (Å²) in [6.45, 7) is 3.92. The van der Waals surface area contributed by atoms with Crippen molar-refractivity contribution in [1.29, 1.82) is 0 Å². The van der Waals surface area contributed by atoms with Crippen LogP contribution in [0.5, 0.6) is 17.2 Å². The second-order valence-corrected chi connectivity index (χ2v) is 8.59. The Kier molecular flexibility index (Phi) is 4.10. The van der Waals surface area contributed by atoms with Crippen molar-refractivity contribution in [3.8, 4) is 17.2 Å². The van der Waals surface area contributed by atoms with Crippen LogP contribution in [0.1, 0.15) is 45.5 Å². The SMILES string of the molecule is Cc1c2c(cc3c1O/C(=C\c1cc(Cl)cc4c1OCOC4)C3=O)CN(C1CC1)CO2. The van der Waals surface area contributed by atoms with Gasteiger partial charge in [-0.15, -0.1) is 0 Å². The van der Waals surface area contributed by atoms with E-state index in [0.717, 1.165) is 29.0 Å². The average molecular weight is 426 g/mol. The van der Waals surface area contributed by atoms with Crippen LogP contribution in [0, 0.1) is 6.92 Å². The van der Waals surface area contributed by atoms with Crippen LogP contribution in [0.4, 0.5) is 0 Å². The molecular weight excluding hydrogens is 406 g/mol. The van der Waals surface area contributed by atoms with Crippen LogP contribution in [0.15, 0.2) is 24.0 Å². The Bertz CT molecular complexity index is 1120. The Morgan fingerprint density at radius 3 is 2.80 bits per heavy atom. The van der Waals surface area contributed by atoms with Crippen LogP contribution in [0.25, 0.3) is 6.08 Å². The molecule has 0 bridgehead atoms. The van der Waals surface area contributed by atoms with Crippen LogP contribution in [-0.4, -0.2) is 30.2 Å². The molecule has 3 heterocycles. The minimum atomic E-state index is -0.139. The standard InChI is InChI=1S/C23H20ClNO5/c1-12-21-14(8-25(10-28-21)17-2-3-17)6-18-20(26)19(30-22(12)18)7-13-4-16(24)5-15-9-27-11-29-23(13)15/h4-7,17H,2-3,8-11H2,1H3/b19-7-. The molecule has 0 unspecified atom stereocenters. The minimum Gasteiger partial charge on any atom is -0.477 e. The van der Waals surface area contributed by atoms with Crippen LogP contribution >= 0.6 is 11.6 Å². The minimum absolute atomic E-state index is 0.139. The molecule has 0 radical (unpaired) electrons. The lowest BCUT2D eigenvalue weighted by molar-refractivity contribution is -0.0165. The topological polar surface area (TPSA) is 57.2 Å². The van der Waals surface area contributed by atoms with Gasteiger partial charge < -0.3 is 18.9 Å². The second kappa shape index (κ2) is 6.74. The predicted octanol–water partition coefficient (Wildman–Crippen LogP) is 4.45. The third-order valence-corrected chi connectivity index (χ3v) is 6.24. The molecule has 0 aromatic heterocycles. The average Bonchev–Trinajstić information content (AvgIpc) is 3.55. The zero-order chi connectivity index (χ0) is 20.4. The third-order valence-electron chi connectivity index (χ3n) is 6.02. The monoisotopic (exact) mass is 425 g/mol. The molecule has 3 aliphatic heterocycles. The Balaban J connectivity index is 1.38. The number of allylic oxidation sites excluding steroid dienone is 1. The molecule has 0 amide bonds. The van der Waals surface area contributed by atoms with Gasteiger partial charge in [0, 0.05) is 39.9 Å². The maximum atomic E-state index is 13.2. The Labute approximate surface area is 178 Å². The number of carbonyl (C=O) groups is 1. The molecule has 1 saturated carbocycles. The number of rotatable bonds is 2. The van der Waals surface area contributed by atoms with Crippen molar-refractivity contribution in [1.82, 2.24) is 4.90 Å². The molecule has 7 heteroatoms. The summed E-state index contributed by atoms with van der Waals surface area (Å²) in [6, 6.07) is 6.11. The van der Waals surface area contributed by atoms with Crippen molar-refractivity contribution in [3.63, 3.8) is 0 Å². The van der Waals surface area contributed by atoms with Gasteiger partial charge in [0.2, 0.25) is 5.78 Å². The molecule has 6 rings (SSSR count). The number of carbonyl (C=O) groups excluding carboxylic acids is 1. The van der Waals surface area contributed by atoms with Gasteiger partial charge in [-0.1, -0.05) is 11.6 Å². The molecular formula is C23H20ClNO5. The van der Waals surface area contributed by atoms with E-state index in [4.69, 9.17) is 30.5 Å². The quantitative estimate of drug-likeness (QED) is 0.663. The summed E-state index contributed by atoms with van der Waals surface area (Å²) in [5, 5.41) is 0.554. The fraction of sp³-hybridized carbons (Fsp3) is 0.348. The lowest BCUT2D eigenvalue weighted by Gasteiger charge is -2.30. The fourth-order valence-electron chi connectivity index (χ4n) is 4.40. The second-order valence-electron chi connectivity index (χ2n) is 8.15. The Morgan fingerprint density at radius 2 is 1.97 bits per heavy atom. The summed E-state index contributed by atoms with van der Waals surface area (Å²) < 4.78 is 23.1. The summed E-state index contributed by atoms with van der Waals surface area (Å²) in [4.78, 5) is 15.5. The number of halogens is 1. The van der Waals surface area contributed by atoms with Crippen molar-refractivity contribution in [3.05, 3.63) is 56.8 Å². The van der Waals surface area contributed by atoms with Gasteiger partial charge >= 0.3 is 0 Å². The first-order chi connectivity index (χ1) is 14.6. The lowest BCUT2D eigenvalue weighted by Crippen LogP contribution is -2.34. The van der Waals surface area contributed by atoms with E-state index >= 15 is 0 Å². The number of ether oxygens (including phenoxy) is 4. The number of nitrogens with zero attached hydrogens (tertiary/aromatic N) is 1. The van der Waals surface area contributed by atoms with Crippen molar-refractivity contribution in [2.45, 2.75) is 39.0 Å². The van der Waals surface area contributed by atoms with Gasteiger partial charge in [0.25, 0.3) is 0 Å². The number of benzene rings is 2. The largest absolute Gasteiger partial charge is 0.477 e. The zero-order valence-corrected chi connectivity index (χ0v) is 17.3. The van der Waals surface area contributed by atoms with Crippen molar-refractivity contribution >= 4 is 23.5 Å². The van der Waals surface area contributed by atoms with Gasteiger partial charge in [-0.05, 0) is 44.0 Å². The van der Waals surface area contributed by atoms with Gasteiger partial charge in [0.05, 0.1) is 12.2 Å². The van der Waals surface area contributed by atoms with Gasteiger partial charge in [-0.25, -0.2) is 0 Å². The molecule has 154 valence electrons. The molecule has 2 aromatic rings. The highest BCUT2D eigenvalue weighted by molar-refractivity contribution is 6.31. The number of Topliss-reactive ketones (excluding diaryl/α,β-unsaturated/α-hetero) is 1. The molecule has 0 atom stereocenters. The highest BCUT2D eigenvalue weighted by atomic mass is 35.5. The molecule has 0 spiro atoms. The normalized spacial score (nSPS) is 21.4. The molecule has 2 aromatic carbocycles. The maximum absolute atomic E-state index is 13.2. The molecule has 4 aliphatic rings. The van der Waals surface area contributed by atoms with E-state index in [1.165, 1.54) is 12.8 Å². The van der Waals surface area contributed by atoms with Crippen LogP contribution in [-0.2, 0) is 17.9 Å². The van der Waals surface area contributed by atoms with E-state index in [2.05, 4.69) is 4.90 Å². The Morgan fingerprint density at radius 1 is 1.10 bits per heavy atom. The van der Waals surface area contributed by atoms with Gasteiger partial charge in [0.1, 0.15) is 24.0 Å². The van der Waals surface area contributed by atoms with E-state index in [0.29, 0.717) is 47.0 Å². The van der Waals surface area contributed by atoms with Crippen LogP contribution in [0.3, 0.4) is 0 Å². The maximum Gasteiger partial charge on any atom is 0.231 e. The van der Waals surface area contributed by atoms with Crippen LogP contribution < -0.4 is 14.2 Å². The van der Waals surface area contributed by atoms with Crippen LogP contribution in [0.2, 0.25) is 5.02 Å². The van der Waals surface area contributed by atoms with Gasteiger partial charge in [-0.3, -0.25) is 9.69 Å². The van der Waals surface area contributed by atoms with E-state index in [-0.39, 0.29) is 18.3 Å². The summed E-state index contributed by atoms with van der Waals surface area (Å²) >= 11 is 6.26. The number of hydrogen-bond donors (Lipinski definition) is 0. The van der Waals surface area contributed by atoms with E-state index in [1.807, 2.05) is 19.1 Å². The number of ketones is 1. The first-order valence-electron chi connectivity index (χ1n) is 10.1. The van der Waals surface area contributed by atoms with E-state index in [1.54, 1.807) is 12.1 Å². The first kappa shape index (κ1) is 18.2. The lowest BCUT2D eigenvalue weighted by atomic mass is 9.99. The van der Waals surface area contributed by atoms with Gasteiger partial charge in [-0.2, -0.15) is 0 Å². The molecule has 0 saturated heterocycles. The molecule has 30 heavy (non-hydrogen) atoms. The van der Waals surface area contributed by atoms with Gasteiger partial charge in [0.15, 0.2) is 12.6 Å². The van der Waals surface area contributed by atoms with E-state index in [9.17, 15) is 4.79 Å². The van der Waals surface area contributed by atoms with Crippen molar-refractivity contribution in [2.75, 3.05) is 13.5 Å². The summed E-state index contributed by atoms with van der Waals surface area (Å²) in [5.41, 5.74) is 4.05. The zero-order valence-electron chi connectivity index (χ0n) is 16.5. The summed E-state index contributed by atoms with van der Waals surface area (Å²) in [7, 11) is 0.